The zero-order valence-corrected chi connectivity index (χ0v) is 13.8. The van der Waals surface area contributed by atoms with Crippen molar-refractivity contribution in [3.8, 4) is 0 Å². The van der Waals surface area contributed by atoms with Gasteiger partial charge in [-0.25, -0.2) is 13.4 Å². The van der Waals surface area contributed by atoms with E-state index in [1.54, 1.807) is 0 Å². The van der Waals surface area contributed by atoms with Crippen molar-refractivity contribution in [3.63, 3.8) is 0 Å². The van der Waals surface area contributed by atoms with E-state index in [-0.39, 0.29) is 10.8 Å². The second-order valence-electron chi connectivity index (χ2n) is 3.73. The topological polar surface area (TPSA) is 114 Å². The minimum atomic E-state index is -4.11. The van der Waals surface area contributed by atoms with Crippen LogP contribution in [-0.4, -0.2) is 25.4 Å². The smallest absolute Gasteiger partial charge is 0.312 e. The van der Waals surface area contributed by atoms with Gasteiger partial charge in [0.05, 0.1) is 14.9 Å². The van der Waals surface area contributed by atoms with Crippen LogP contribution in [0, 0.1) is 10.1 Å². The molecule has 0 spiro atoms. The molecule has 1 heterocycles. The normalized spacial score (nSPS) is 11.1. The molecule has 1 aromatic heterocycles. The lowest BCUT2D eigenvalue weighted by molar-refractivity contribution is -0.386. The van der Waals surface area contributed by atoms with Crippen LogP contribution in [0.4, 0.5) is 16.5 Å². The van der Waals surface area contributed by atoms with Crippen LogP contribution in [0.3, 0.4) is 0 Å². The molecule has 0 bridgehead atoms. The van der Waals surface area contributed by atoms with Crippen molar-refractivity contribution in [1.29, 1.82) is 0 Å². The molecular weight excluding hydrogens is 384 g/mol. The Morgan fingerprint density at radius 3 is 2.67 bits per heavy atom. The van der Waals surface area contributed by atoms with Crippen molar-refractivity contribution in [2.75, 3.05) is 17.1 Å². The predicted octanol–water partition coefficient (Wildman–Crippen LogP) is 2.66. The van der Waals surface area contributed by atoms with E-state index in [1.165, 1.54) is 31.4 Å². The quantitative estimate of drug-likeness (QED) is 0.596. The van der Waals surface area contributed by atoms with Crippen LogP contribution in [0.25, 0.3) is 0 Å². The van der Waals surface area contributed by atoms with Gasteiger partial charge in [0.1, 0.15) is 5.69 Å². The highest BCUT2D eigenvalue weighted by Crippen LogP contribution is 2.33. The number of nitro benzene ring substituents is 1. The summed E-state index contributed by atoms with van der Waals surface area (Å²) in [6.07, 6.45) is 1.43. The highest BCUT2D eigenvalue weighted by atomic mass is 79.9. The molecule has 1 aromatic carbocycles. The number of rotatable bonds is 5. The molecule has 0 saturated carbocycles. The van der Waals surface area contributed by atoms with E-state index in [0.29, 0.717) is 3.79 Å². The zero-order chi connectivity index (χ0) is 15.6. The highest BCUT2D eigenvalue weighted by molar-refractivity contribution is 9.11. The zero-order valence-electron chi connectivity index (χ0n) is 10.5. The maximum atomic E-state index is 12.3. The maximum absolute atomic E-state index is 12.3. The van der Waals surface area contributed by atoms with Gasteiger partial charge < -0.3 is 5.32 Å². The molecule has 0 radical (unpaired) electrons. The van der Waals surface area contributed by atoms with Crippen LogP contribution < -0.4 is 10.0 Å². The Morgan fingerprint density at radius 1 is 1.43 bits per heavy atom. The van der Waals surface area contributed by atoms with Gasteiger partial charge in [0.25, 0.3) is 10.0 Å². The SMILES string of the molecule is CNc1cccc(S(=O)(=O)Nc2ncc(Br)s2)c1[N+](=O)[O-]. The molecule has 21 heavy (non-hydrogen) atoms. The third kappa shape index (κ3) is 3.31. The molecule has 0 atom stereocenters. The molecule has 2 rings (SSSR count). The predicted molar refractivity (Wildman–Crippen MR) is 83.3 cm³/mol. The van der Waals surface area contributed by atoms with Gasteiger partial charge in [-0.2, -0.15) is 0 Å². The number of hydrogen-bond acceptors (Lipinski definition) is 7. The van der Waals surface area contributed by atoms with Gasteiger partial charge in [0.2, 0.25) is 0 Å². The molecule has 0 aliphatic carbocycles. The van der Waals surface area contributed by atoms with Crippen LogP contribution in [0.15, 0.2) is 33.1 Å². The molecule has 11 heteroatoms. The molecule has 0 fully saturated rings. The van der Waals surface area contributed by atoms with Crippen LogP contribution in [0.5, 0.6) is 0 Å². The van der Waals surface area contributed by atoms with E-state index in [0.717, 1.165) is 11.3 Å². The van der Waals surface area contributed by atoms with Gasteiger partial charge in [-0.3, -0.25) is 14.8 Å². The van der Waals surface area contributed by atoms with Crippen molar-refractivity contribution < 1.29 is 13.3 Å². The van der Waals surface area contributed by atoms with Gasteiger partial charge in [0, 0.05) is 7.05 Å². The molecule has 0 unspecified atom stereocenters. The van der Waals surface area contributed by atoms with Crippen molar-refractivity contribution in [2.24, 2.45) is 0 Å². The second-order valence-corrected chi connectivity index (χ2v) is 7.80. The molecule has 0 aliphatic rings. The fourth-order valence-electron chi connectivity index (χ4n) is 1.60. The summed E-state index contributed by atoms with van der Waals surface area (Å²) in [5.41, 5.74) is -0.397. The van der Waals surface area contributed by atoms with E-state index in [9.17, 15) is 18.5 Å². The number of benzene rings is 1. The lowest BCUT2D eigenvalue weighted by Crippen LogP contribution is -2.15. The van der Waals surface area contributed by atoms with Crippen LogP contribution >= 0.6 is 27.3 Å². The molecule has 8 nitrogen and oxygen atoms in total. The van der Waals surface area contributed by atoms with Crippen LogP contribution in [-0.2, 0) is 10.0 Å². The van der Waals surface area contributed by atoms with Gasteiger partial charge in [-0.05, 0) is 28.1 Å². The van der Waals surface area contributed by atoms with E-state index in [4.69, 9.17) is 0 Å². The first kappa shape index (κ1) is 15.7. The Labute approximate surface area is 132 Å². The Bertz CT molecular complexity index is 790. The standard InChI is InChI=1S/C10H9BrN4O4S2/c1-12-6-3-2-4-7(9(6)15(16)17)21(18,19)14-10-13-5-8(11)20-10/h2-5,12H,1H3,(H,13,14). The first-order chi connectivity index (χ1) is 9.85. The summed E-state index contributed by atoms with van der Waals surface area (Å²) in [6.45, 7) is 0. The Kier molecular flexibility index (Phi) is 4.44. The minimum absolute atomic E-state index is 0.114. The minimum Gasteiger partial charge on any atom is -0.383 e. The summed E-state index contributed by atoms with van der Waals surface area (Å²) in [7, 11) is -2.64. The van der Waals surface area contributed by atoms with E-state index in [2.05, 4.69) is 31.0 Å². The molecule has 0 amide bonds. The first-order valence-corrected chi connectivity index (χ1v) is 8.53. The summed E-state index contributed by atoms with van der Waals surface area (Å²) in [5, 5.41) is 13.9. The lowest BCUT2D eigenvalue weighted by Gasteiger charge is -2.08. The van der Waals surface area contributed by atoms with Gasteiger partial charge in [-0.1, -0.05) is 17.4 Å². The third-order valence-electron chi connectivity index (χ3n) is 2.44. The molecule has 2 N–H and O–H groups in total. The molecular formula is C10H9BrN4O4S2. The van der Waals surface area contributed by atoms with Crippen LogP contribution in [0.2, 0.25) is 0 Å². The second kappa shape index (κ2) is 5.95. The average molecular weight is 393 g/mol. The number of thiazole rings is 1. The molecule has 112 valence electrons. The lowest BCUT2D eigenvalue weighted by atomic mass is 10.3. The number of halogens is 1. The van der Waals surface area contributed by atoms with Crippen molar-refractivity contribution in [2.45, 2.75) is 4.90 Å². The number of nitrogens with one attached hydrogen (secondary N) is 2. The fourth-order valence-corrected chi connectivity index (χ4v) is 4.14. The van der Waals surface area contributed by atoms with Crippen molar-refractivity contribution >= 4 is 53.8 Å². The van der Waals surface area contributed by atoms with Gasteiger partial charge >= 0.3 is 5.69 Å². The summed E-state index contributed by atoms with van der Waals surface area (Å²) < 4.78 is 27.5. The number of sulfonamides is 1. The first-order valence-electron chi connectivity index (χ1n) is 5.44. The third-order valence-corrected chi connectivity index (χ3v) is 5.33. The van der Waals surface area contributed by atoms with Crippen molar-refractivity contribution in [1.82, 2.24) is 4.98 Å². The Balaban J connectivity index is 2.52. The number of para-hydroxylation sites is 1. The number of anilines is 2. The number of nitro groups is 1. The van der Waals surface area contributed by atoms with Gasteiger partial charge in [-0.15, -0.1) is 0 Å². The molecule has 2 aromatic rings. The molecule has 0 aliphatic heterocycles. The number of aromatic nitrogens is 1. The summed E-state index contributed by atoms with van der Waals surface area (Å²) in [4.78, 5) is 13.8. The Morgan fingerprint density at radius 2 is 2.14 bits per heavy atom. The van der Waals surface area contributed by atoms with E-state index in [1.807, 2.05) is 0 Å². The average Bonchev–Trinajstić information content (AvgIpc) is 2.82. The van der Waals surface area contributed by atoms with Gasteiger partial charge in [0.15, 0.2) is 10.0 Å². The Hall–Kier alpha value is -1.72. The summed E-state index contributed by atoms with van der Waals surface area (Å²) in [6, 6.07) is 4.02. The van der Waals surface area contributed by atoms with Crippen molar-refractivity contribution in [3.05, 3.63) is 38.3 Å². The maximum Gasteiger partial charge on any atom is 0.312 e. The van der Waals surface area contributed by atoms with E-state index >= 15 is 0 Å². The number of hydrogen-bond donors (Lipinski definition) is 2. The number of nitrogens with zero attached hydrogens (tertiary/aromatic N) is 2. The monoisotopic (exact) mass is 392 g/mol. The largest absolute Gasteiger partial charge is 0.383 e. The van der Waals surface area contributed by atoms with Crippen LogP contribution in [0.1, 0.15) is 0 Å². The highest BCUT2D eigenvalue weighted by Gasteiger charge is 2.29. The van der Waals surface area contributed by atoms with E-state index < -0.39 is 25.5 Å². The fraction of sp³-hybridized carbons (Fsp3) is 0.100. The summed E-state index contributed by atoms with van der Waals surface area (Å²) in [5.74, 6) is 0. The molecule has 0 saturated heterocycles. The summed E-state index contributed by atoms with van der Waals surface area (Å²) >= 11 is 4.22.